The summed E-state index contributed by atoms with van der Waals surface area (Å²) in [6, 6.07) is 0. The molecule has 0 fully saturated rings. The fraction of sp³-hybridized carbons (Fsp3) is 0.522. The molecule has 0 aromatic heterocycles. The van der Waals surface area contributed by atoms with E-state index in [1.165, 1.54) is 11.0 Å². The van der Waals surface area contributed by atoms with Gasteiger partial charge in [-0.05, 0) is 53.2 Å². The third kappa shape index (κ3) is 11.1. The van der Waals surface area contributed by atoms with Crippen LogP contribution in [0.3, 0.4) is 0 Å². The van der Waals surface area contributed by atoms with Crippen molar-refractivity contribution in [3.8, 4) is 11.8 Å². The van der Waals surface area contributed by atoms with Crippen molar-refractivity contribution in [1.29, 1.82) is 0 Å². The van der Waals surface area contributed by atoms with Gasteiger partial charge >= 0.3 is 18.0 Å². The van der Waals surface area contributed by atoms with Gasteiger partial charge in [-0.2, -0.15) is 0 Å². The summed E-state index contributed by atoms with van der Waals surface area (Å²) in [6.07, 6.45) is 2.90. The molecule has 1 amide bonds. The van der Waals surface area contributed by atoms with Crippen LogP contribution in [0, 0.1) is 11.8 Å². The van der Waals surface area contributed by atoms with E-state index >= 15 is 0 Å². The first-order chi connectivity index (χ1) is 13.9. The van der Waals surface area contributed by atoms with Crippen molar-refractivity contribution in [2.24, 2.45) is 0 Å². The molecular formula is C23H33NO6. The van der Waals surface area contributed by atoms with E-state index in [0.717, 1.165) is 0 Å². The van der Waals surface area contributed by atoms with Crippen molar-refractivity contribution in [3.63, 3.8) is 0 Å². The normalized spacial score (nSPS) is 11.7. The number of nitrogens with zero attached hydrogens (tertiary/aromatic N) is 1. The van der Waals surface area contributed by atoms with Crippen LogP contribution in [-0.4, -0.2) is 55.3 Å². The van der Waals surface area contributed by atoms with Crippen LogP contribution >= 0.6 is 0 Å². The second kappa shape index (κ2) is 13.3. The van der Waals surface area contributed by atoms with Gasteiger partial charge in [-0.15, -0.1) is 0 Å². The molecule has 0 aliphatic carbocycles. The Labute approximate surface area is 179 Å². The molecule has 0 bridgehead atoms. The Bertz CT molecular complexity index is 759. The minimum atomic E-state index is -0.611. The quantitative estimate of drug-likeness (QED) is 0.196. The molecule has 0 N–H and O–H groups in total. The van der Waals surface area contributed by atoms with Gasteiger partial charge in [-0.25, -0.2) is 14.4 Å². The fourth-order valence-electron chi connectivity index (χ4n) is 1.97. The summed E-state index contributed by atoms with van der Waals surface area (Å²) < 4.78 is 15.2. The summed E-state index contributed by atoms with van der Waals surface area (Å²) >= 11 is 0. The van der Waals surface area contributed by atoms with Gasteiger partial charge in [0.15, 0.2) is 0 Å². The molecule has 0 saturated heterocycles. The van der Waals surface area contributed by atoms with E-state index in [2.05, 4.69) is 18.4 Å². The van der Waals surface area contributed by atoms with Gasteiger partial charge in [0.05, 0.1) is 25.3 Å². The van der Waals surface area contributed by atoms with Crippen LogP contribution in [0.2, 0.25) is 0 Å². The topological polar surface area (TPSA) is 82.1 Å². The third-order valence-electron chi connectivity index (χ3n) is 3.37. The molecule has 0 aromatic carbocycles. The summed E-state index contributed by atoms with van der Waals surface area (Å²) in [6.45, 7) is 14.8. The van der Waals surface area contributed by atoms with Crippen molar-refractivity contribution >= 4 is 18.0 Å². The maximum absolute atomic E-state index is 12.1. The Morgan fingerprint density at radius 3 is 2.07 bits per heavy atom. The number of allylic oxidation sites excluding steroid dienone is 2. The Balaban J connectivity index is 5.69. The van der Waals surface area contributed by atoms with E-state index in [9.17, 15) is 14.4 Å². The van der Waals surface area contributed by atoms with Gasteiger partial charge in [-0.3, -0.25) is 0 Å². The van der Waals surface area contributed by atoms with Crippen LogP contribution in [0.15, 0.2) is 35.5 Å². The molecular weight excluding hydrogens is 386 g/mol. The maximum atomic E-state index is 12.1. The molecule has 0 atom stereocenters. The van der Waals surface area contributed by atoms with E-state index in [4.69, 9.17) is 14.2 Å². The molecule has 7 nitrogen and oxygen atoms in total. The molecule has 0 spiro atoms. The molecule has 166 valence electrons. The molecule has 0 radical (unpaired) electrons. The molecule has 30 heavy (non-hydrogen) atoms. The number of carbonyl (C=O) groups excluding carboxylic acids is 3. The van der Waals surface area contributed by atoms with Crippen LogP contribution in [0.5, 0.6) is 0 Å². The zero-order valence-electron chi connectivity index (χ0n) is 19.1. The molecule has 0 aliphatic heterocycles. The summed E-state index contributed by atoms with van der Waals surface area (Å²) in [7, 11) is 1.57. The van der Waals surface area contributed by atoms with Crippen LogP contribution in [0.4, 0.5) is 4.79 Å². The largest absolute Gasteiger partial charge is 0.463 e. The van der Waals surface area contributed by atoms with E-state index in [1.807, 2.05) is 6.92 Å². The first kappa shape index (κ1) is 27.0. The first-order valence-electron chi connectivity index (χ1n) is 9.83. The van der Waals surface area contributed by atoms with Gasteiger partial charge < -0.3 is 19.1 Å². The molecule has 0 aromatic rings. The van der Waals surface area contributed by atoms with Gasteiger partial charge in [-0.1, -0.05) is 25.3 Å². The number of hydrogen-bond donors (Lipinski definition) is 0. The molecule has 7 heteroatoms. The Kier molecular flexibility index (Phi) is 11.9. The zero-order valence-corrected chi connectivity index (χ0v) is 19.1. The zero-order chi connectivity index (χ0) is 23.3. The molecule has 0 aliphatic rings. The second-order valence-corrected chi connectivity index (χ2v) is 7.23. The molecule has 0 heterocycles. The lowest BCUT2D eigenvalue weighted by atomic mass is 10.1. The van der Waals surface area contributed by atoms with Crippen molar-refractivity contribution in [2.45, 2.75) is 53.6 Å². The van der Waals surface area contributed by atoms with Crippen molar-refractivity contribution < 1.29 is 28.6 Å². The highest BCUT2D eigenvalue weighted by Gasteiger charge is 2.18. The average Bonchev–Trinajstić information content (AvgIpc) is 2.64. The lowest BCUT2D eigenvalue weighted by molar-refractivity contribution is -0.139. The molecule has 0 saturated carbocycles. The van der Waals surface area contributed by atoms with E-state index in [-0.39, 0.29) is 25.3 Å². The predicted octanol–water partition coefficient (Wildman–Crippen LogP) is 3.80. The minimum Gasteiger partial charge on any atom is -0.463 e. The fourth-order valence-corrected chi connectivity index (χ4v) is 1.97. The van der Waals surface area contributed by atoms with E-state index in [0.29, 0.717) is 17.6 Å². The van der Waals surface area contributed by atoms with E-state index in [1.54, 1.807) is 47.7 Å². The van der Waals surface area contributed by atoms with E-state index < -0.39 is 23.6 Å². The van der Waals surface area contributed by atoms with Crippen LogP contribution in [0.1, 0.15) is 48.0 Å². The van der Waals surface area contributed by atoms with Crippen molar-refractivity contribution in [1.82, 2.24) is 4.90 Å². The predicted molar refractivity (Wildman–Crippen MR) is 116 cm³/mol. The van der Waals surface area contributed by atoms with Crippen LogP contribution < -0.4 is 0 Å². The number of amides is 1. The van der Waals surface area contributed by atoms with Gasteiger partial charge in [0.1, 0.15) is 5.60 Å². The van der Waals surface area contributed by atoms with Crippen molar-refractivity contribution in [2.75, 3.05) is 26.8 Å². The van der Waals surface area contributed by atoms with Gasteiger partial charge in [0, 0.05) is 18.2 Å². The summed E-state index contributed by atoms with van der Waals surface area (Å²) in [5, 5.41) is 0. The highest BCUT2D eigenvalue weighted by atomic mass is 16.6. The van der Waals surface area contributed by atoms with Gasteiger partial charge in [0.2, 0.25) is 0 Å². The smallest absolute Gasteiger partial charge is 0.410 e. The molecule has 0 rings (SSSR count). The lowest BCUT2D eigenvalue weighted by Crippen LogP contribution is -2.34. The SMILES string of the molecule is C=C(/C=C(C#CCN(C)C(=O)OC(C)(C)C)\C=C(/CC)C(=O)OCC)C(=O)OCC. The first-order valence-corrected chi connectivity index (χ1v) is 9.83. The Morgan fingerprint density at radius 1 is 1.00 bits per heavy atom. The second-order valence-electron chi connectivity index (χ2n) is 7.23. The maximum Gasteiger partial charge on any atom is 0.410 e. The number of hydrogen-bond acceptors (Lipinski definition) is 6. The highest BCUT2D eigenvalue weighted by Crippen LogP contribution is 2.12. The number of rotatable bonds is 8. The summed E-state index contributed by atoms with van der Waals surface area (Å²) in [4.78, 5) is 37.3. The third-order valence-corrected chi connectivity index (χ3v) is 3.37. The Hall–Kier alpha value is -3.01. The standard InChI is InChI=1S/C23H33NO6/c1-9-19(21(26)29-11-3)16-18(15-17(4)20(25)28-10-2)13-12-14-24(8)22(27)30-23(5,6)7/h15-16H,4,9-11,14H2,1-3,5-8H3/b18-15-,19-16+. The number of carbonyl (C=O) groups is 3. The Morgan fingerprint density at radius 2 is 1.57 bits per heavy atom. The lowest BCUT2D eigenvalue weighted by Gasteiger charge is -2.23. The van der Waals surface area contributed by atoms with Crippen molar-refractivity contribution in [3.05, 3.63) is 35.5 Å². The number of esters is 2. The molecule has 0 unspecified atom stereocenters. The number of ether oxygens (including phenoxy) is 3. The summed E-state index contributed by atoms with van der Waals surface area (Å²) in [5.74, 6) is 4.68. The highest BCUT2D eigenvalue weighted by molar-refractivity contribution is 5.92. The van der Waals surface area contributed by atoms with Crippen LogP contribution in [0.25, 0.3) is 0 Å². The monoisotopic (exact) mass is 419 g/mol. The van der Waals surface area contributed by atoms with Crippen LogP contribution in [-0.2, 0) is 23.8 Å². The van der Waals surface area contributed by atoms with Gasteiger partial charge in [0.25, 0.3) is 0 Å². The average molecular weight is 420 g/mol. The minimum absolute atomic E-state index is 0.0901. The summed E-state index contributed by atoms with van der Waals surface area (Å²) in [5.41, 5.74) is 0.252.